The van der Waals surface area contributed by atoms with E-state index in [9.17, 15) is 45.8 Å². The van der Waals surface area contributed by atoms with Crippen molar-refractivity contribution in [2.45, 2.75) is 15.3 Å². The predicted molar refractivity (Wildman–Crippen MR) is 62.6 cm³/mol. The van der Waals surface area contributed by atoms with E-state index in [0.29, 0.717) is 12.1 Å². The van der Waals surface area contributed by atoms with Gasteiger partial charge in [-0.05, 0) is 12.1 Å². The molecule has 0 spiro atoms. The van der Waals surface area contributed by atoms with Crippen LogP contribution in [0.3, 0.4) is 0 Å². The predicted octanol–water partition coefficient (Wildman–Crippen LogP) is -0.254. The van der Waals surface area contributed by atoms with Gasteiger partial charge in [0, 0.05) is 6.07 Å². The Morgan fingerprint density at radius 2 is 1.86 bits per heavy atom. The molecule has 0 N–H and O–H groups in total. The highest BCUT2D eigenvalue weighted by Crippen LogP contribution is 2.32. The van der Waals surface area contributed by atoms with E-state index in [1.165, 1.54) is 0 Å². The molecule has 1 aromatic carbocycles. The molecular formula is C9H5F3NO7S2-. The Labute approximate surface area is 123 Å². The molecule has 0 heterocycles. The van der Waals surface area contributed by atoms with Gasteiger partial charge < -0.3 is 9.90 Å². The maximum absolute atomic E-state index is 12.3. The molecule has 0 saturated carbocycles. The highest BCUT2D eigenvalue weighted by Gasteiger charge is 2.39. The number of carboxylic acid groups (broad SMARTS) is 1. The van der Waals surface area contributed by atoms with Gasteiger partial charge in [-0.1, -0.05) is 0 Å². The molecule has 1 rings (SSSR count). The van der Waals surface area contributed by atoms with Crippen LogP contribution in [0.1, 0.15) is 0 Å². The number of sulfone groups is 1. The van der Waals surface area contributed by atoms with Crippen LogP contribution >= 0.6 is 0 Å². The minimum Gasteiger partial charge on any atom is -0.549 e. The summed E-state index contributed by atoms with van der Waals surface area (Å²) in [5, 5.41) is 21.1. The minimum absolute atomic E-state index is 0.172. The van der Waals surface area contributed by atoms with Gasteiger partial charge in [-0.15, -0.1) is 0 Å². The van der Waals surface area contributed by atoms with Crippen LogP contribution in [0, 0.1) is 10.1 Å². The van der Waals surface area contributed by atoms with Crippen molar-refractivity contribution in [1.29, 1.82) is 0 Å². The number of nitrogens with zero attached hydrogens (tertiary/aromatic N) is 1. The summed E-state index contributed by atoms with van der Waals surface area (Å²) in [6.45, 7) is 0. The summed E-state index contributed by atoms with van der Waals surface area (Å²) in [6.07, 6.45) is 0. The van der Waals surface area contributed by atoms with Crippen molar-refractivity contribution in [3.63, 3.8) is 0 Å². The Bertz CT molecular complexity index is 757. The number of nitro benzene ring substituents is 1. The number of aliphatic carboxylic acids is 1. The summed E-state index contributed by atoms with van der Waals surface area (Å²) >= 11 is 0. The van der Waals surface area contributed by atoms with Crippen LogP contribution < -0.4 is 5.11 Å². The molecule has 8 nitrogen and oxygen atoms in total. The standard InChI is InChI=1S/C9H6F3NO7S2/c10-9(11,12)21(18)5-1-2-7(6(3-5)13(16)17)22(19,20)4-8(14)15/h1-3H,4H2,(H,14,15)/p-1. The second-order valence-electron chi connectivity index (χ2n) is 3.73. The maximum Gasteiger partial charge on any atom is 0.475 e. The molecule has 0 aliphatic carbocycles. The van der Waals surface area contributed by atoms with Gasteiger partial charge >= 0.3 is 5.51 Å². The first-order valence-electron chi connectivity index (χ1n) is 5.06. The lowest BCUT2D eigenvalue weighted by Crippen LogP contribution is -2.31. The van der Waals surface area contributed by atoms with Crippen LogP contribution in [0.4, 0.5) is 18.9 Å². The van der Waals surface area contributed by atoms with E-state index in [4.69, 9.17) is 0 Å². The zero-order valence-electron chi connectivity index (χ0n) is 10.2. The molecule has 1 aromatic rings. The Balaban J connectivity index is 3.49. The van der Waals surface area contributed by atoms with Crippen molar-refractivity contribution in [2.75, 3.05) is 5.75 Å². The van der Waals surface area contributed by atoms with E-state index in [2.05, 4.69) is 0 Å². The number of hydrogen-bond donors (Lipinski definition) is 0. The molecule has 22 heavy (non-hydrogen) atoms. The van der Waals surface area contributed by atoms with Crippen molar-refractivity contribution in [1.82, 2.24) is 0 Å². The van der Waals surface area contributed by atoms with Gasteiger partial charge in [0.25, 0.3) is 5.69 Å². The van der Waals surface area contributed by atoms with E-state index in [1.54, 1.807) is 0 Å². The fraction of sp³-hybridized carbons (Fsp3) is 0.222. The monoisotopic (exact) mass is 360 g/mol. The van der Waals surface area contributed by atoms with Gasteiger partial charge in [-0.2, -0.15) is 13.2 Å². The molecule has 0 aliphatic heterocycles. The summed E-state index contributed by atoms with van der Waals surface area (Å²) in [5.41, 5.74) is -6.50. The fourth-order valence-electron chi connectivity index (χ4n) is 1.38. The van der Waals surface area contributed by atoms with Crippen LogP contribution in [0.2, 0.25) is 0 Å². The first-order valence-corrected chi connectivity index (χ1v) is 7.86. The number of carbonyl (C=O) groups excluding carboxylic acids is 1. The number of hydrogen-bond acceptors (Lipinski definition) is 7. The van der Waals surface area contributed by atoms with E-state index in [1.807, 2.05) is 0 Å². The Morgan fingerprint density at radius 1 is 1.32 bits per heavy atom. The number of carbonyl (C=O) groups is 1. The lowest BCUT2D eigenvalue weighted by molar-refractivity contribution is -0.388. The topological polar surface area (TPSA) is 134 Å². The molecule has 1 unspecified atom stereocenters. The number of halogens is 3. The van der Waals surface area contributed by atoms with E-state index in [0.717, 1.165) is 0 Å². The maximum atomic E-state index is 12.3. The van der Waals surface area contributed by atoms with Crippen molar-refractivity contribution in [2.24, 2.45) is 0 Å². The minimum atomic E-state index is -5.20. The highest BCUT2D eigenvalue weighted by atomic mass is 32.2. The molecule has 0 saturated heterocycles. The molecule has 0 aromatic heterocycles. The van der Waals surface area contributed by atoms with Crippen molar-refractivity contribution >= 4 is 32.3 Å². The Hall–Kier alpha value is -2.02. The average Bonchev–Trinajstić information content (AvgIpc) is 2.34. The third kappa shape index (κ3) is 4.00. The van der Waals surface area contributed by atoms with Crippen molar-refractivity contribution in [3.8, 4) is 0 Å². The summed E-state index contributed by atoms with van der Waals surface area (Å²) in [4.78, 5) is 17.6. The highest BCUT2D eigenvalue weighted by molar-refractivity contribution is 7.92. The van der Waals surface area contributed by atoms with Gasteiger partial charge in [-0.25, -0.2) is 12.6 Å². The van der Waals surface area contributed by atoms with E-state index < -0.39 is 58.3 Å². The zero-order chi connectivity index (χ0) is 17.3. The molecule has 13 heteroatoms. The van der Waals surface area contributed by atoms with Gasteiger partial charge in [0.15, 0.2) is 20.6 Å². The largest absolute Gasteiger partial charge is 0.549 e. The van der Waals surface area contributed by atoms with Crippen LogP contribution in [-0.2, 0) is 25.4 Å². The van der Waals surface area contributed by atoms with Crippen molar-refractivity contribution < 1.29 is 40.6 Å². The number of alkyl halides is 3. The molecule has 0 aliphatic rings. The third-order valence-electron chi connectivity index (χ3n) is 2.19. The number of rotatable bonds is 5. The van der Waals surface area contributed by atoms with Crippen LogP contribution in [0.25, 0.3) is 0 Å². The smallest absolute Gasteiger partial charge is 0.475 e. The zero-order valence-corrected chi connectivity index (χ0v) is 11.8. The van der Waals surface area contributed by atoms with Gasteiger partial charge in [0.1, 0.15) is 4.90 Å². The molecule has 122 valence electrons. The summed E-state index contributed by atoms with van der Waals surface area (Å²) < 4.78 is 71.2. The molecule has 0 bridgehead atoms. The third-order valence-corrected chi connectivity index (χ3v) is 4.93. The molecule has 0 fully saturated rings. The summed E-state index contributed by atoms with van der Waals surface area (Å²) in [6, 6.07) is 1.03. The number of benzene rings is 1. The Kier molecular flexibility index (Phi) is 4.92. The normalized spacial score (nSPS) is 13.6. The first-order chi connectivity index (χ1) is 9.86. The number of carboxylic acids is 1. The van der Waals surface area contributed by atoms with E-state index in [-0.39, 0.29) is 6.07 Å². The average molecular weight is 360 g/mol. The molecule has 0 radical (unpaired) electrons. The first kappa shape index (κ1) is 18.0. The van der Waals surface area contributed by atoms with Gasteiger partial charge in [0.2, 0.25) is 0 Å². The second kappa shape index (κ2) is 6.00. The van der Waals surface area contributed by atoms with Gasteiger partial charge in [-0.3, -0.25) is 10.1 Å². The van der Waals surface area contributed by atoms with Crippen LogP contribution in [-0.4, -0.2) is 34.8 Å². The fourth-order valence-corrected chi connectivity index (χ4v) is 3.26. The van der Waals surface area contributed by atoms with E-state index >= 15 is 0 Å². The second-order valence-corrected chi connectivity index (χ2v) is 7.16. The summed E-state index contributed by atoms with van der Waals surface area (Å²) in [7, 11) is -8.30. The molecule has 1 atom stereocenters. The lowest BCUT2D eigenvalue weighted by atomic mass is 10.3. The van der Waals surface area contributed by atoms with Crippen molar-refractivity contribution in [3.05, 3.63) is 28.3 Å². The van der Waals surface area contributed by atoms with Crippen LogP contribution in [0.15, 0.2) is 28.0 Å². The number of nitro groups is 1. The summed E-state index contributed by atoms with van der Waals surface area (Å²) in [5.74, 6) is -3.63. The SMILES string of the molecule is O=C([O-])CS(=O)(=O)c1ccc(S(=O)C(F)(F)F)cc1[N+](=O)[O-]. The molecule has 0 amide bonds. The molecular weight excluding hydrogens is 355 g/mol. The Morgan fingerprint density at radius 3 is 2.27 bits per heavy atom. The van der Waals surface area contributed by atoms with Crippen LogP contribution in [0.5, 0.6) is 0 Å². The van der Waals surface area contributed by atoms with Gasteiger partial charge in [0.05, 0.1) is 21.5 Å². The quantitative estimate of drug-likeness (QED) is 0.522. The lowest BCUT2D eigenvalue weighted by Gasteiger charge is -2.09.